The average molecular weight is 550 g/mol. The molecule has 1 aliphatic heterocycles. The fourth-order valence-corrected chi connectivity index (χ4v) is 7.20. The van der Waals surface area contributed by atoms with E-state index in [9.17, 15) is 4.79 Å². The van der Waals surface area contributed by atoms with E-state index in [1.54, 1.807) is 25.6 Å². The minimum atomic E-state index is -0.206. The number of carbonyl (C=O) groups excluding carboxylic acids is 1. The van der Waals surface area contributed by atoms with Gasteiger partial charge in [0.2, 0.25) is 0 Å². The Bertz CT molecular complexity index is 1620. The SMILES string of the molecule is COc1cc2c(cc1OC)C(c1cccs1)N(C(=O)c1cc3c(C)nn(-c4ccccc4Cl)c3s1)CC2. The Morgan fingerprint density at radius 3 is 2.59 bits per heavy atom. The van der Waals surface area contributed by atoms with Crippen LogP contribution in [0.3, 0.4) is 0 Å². The van der Waals surface area contributed by atoms with Crippen molar-refractivity contribution in [1.82, 2.24) is 14.7 Å². The van der Waals surface area contributed by atoms with Gasteiger partial charge in [0.25, 0.3) is 5.91 Å². The van der Waals surface area contributed by atoms with Crippen molar-refractivity contribution in [1.29, 1.82) is 0 Å². The van der Waals surface area contributed by atoms with E-state index >= 15 is 0 Å². The quantitative estimate of drug-likeness (QED) is 0.239. The van der Waals surface area contributed by atoms with Gasteiger partial charge in [-0.3, -0.25) is 4.79 Å². The third-order valence-corrected chi connectivity index (χ3v) is 9.13. The number of aromatic nitrogens is 2. The molecule has 9 heteroatoms. The standard InChI is InChI=1S/C28H24ClN3O3S2/c1-16-18-15-25(37-28(18)32(30-16)21-8-5-4-7-20(21)29)27(33)31-11-10-17-13-22(34-2)23(35-3)14-19(17)26(31)24-9-6-12-36-24/h4-9,12-15,26H,10-11H2,1-3H3. The fourth-order valence-electron chi connectivity index (χ4n) is 5.00. The summed E-state index contributed by atoms with van der Waals surface area (Å²) in [6, 6.07) is 17.5. The number of para-hydroxylation sites is 1. The first-order valence-electron chi connectivity index (χ1n) is 11.8. The Labute approximate surface area is 227 Å². The Hall–Kier alpha value is -3.33. The monoisotopic (exact) mass is 549 g/mol. The number of fused-ring (bicyclic) bond motifs is 2. The number of amides is 1. The Morgan fingerprint density at radius 1 is 1.08 bits per heavy atom. The van der Waals surface area contributed by atoms with Crippen LogP contribution in [0, 0.1) is 6.92 Å². The molecule has 0 saturated carbocycles. The first-order chi connectivity index (χ1) is 18.0. The molecule has 6 rings (SSSR count). The predicted molar refractivity (Wildman–Crippen MR) is 149 cm³/mol. The van der Waals surface area contributed by atoms with Crippen molar-refractivity contribution >= 4 is 50.4 Å². The van der Waals surface area contributed by atoms with E-state index in [2.05, 4.69) is 6.07 Å². The van der Waals surface area contributed by atoms with Crippen molar-refractivity contribution in [2.75, 3.05) is 20.8 Å². The maximum atomic E-state index is 14.1. The molecule has 0 radical (unpaired) electrons. The van der Waals surface area contributed by atoms with E-state index in [1.807, 2.05) is 70.4 Å². The minimum absolute atomic E-state index is 0.00476. The van der Waals surface area contributed by atoms with Gasteiger partial charge in [-0.05, 0) is 66.2 Å². The van der Waals surface area contributed by atoms with Gasteiger partial charge in [0.1, 0.15) is 4.83 Å². The smallest absolute Gasteiger partial charge is 0.264 e. The molecule has 0 N–H and O–H groups in total. The number of benzene rings is 2. The zero-order valence-corrected chi connectivity index (χ0v) is 22.9. The fraction of sp³-hybridized carbons (Fsp3) is 0.214. The molecule has 37 heavy (non-hydrogen) atoms. The van der Waals surface area contributed by atoms with Gasteiger partial charge < -0.3 is 14.4 Å². The molecule has 0 spiro atoms. The molecule has 5 aromatic rings. The van der Waals surface area contributed by atoms with E-state index in [-0.39, 0.29) is 11.9 Å². The topological polar surface area (TPSA) is 56.6 Å². The zero-order chi connectivity index (χ0) is 25.7. The number of methoxy groups -OCH3 is 2. The molecule has 0 aliphatic carbocycles. The normalized spacial score (nSPS) is 15.1. The summed E-state index contributed by atoms with van der Waals surface area (Å²) < 4.78 is 13.0. The number of ether oxygens (including phenoxy) is 2. The second-order valence-electron chi connectivity index (χ2n) is 8.85. The van der Waals surface area contributed by atoms with Crippen LogP contribution >= 0.6 is 34.3 Å². The first-order valence-corrected chi connectivity index (χ1v) is 13.9. The molecule has 2 aromatic carbocycles. The van der Waals surface area contributed by atoms with Gasteiger partial charge in [0, 0.05) is 16.8 Å². The summed E-state index contributed by atoms with van der Waals surface area (Å²) in [4.78, 5) is 18.8. The van der Waals surface area contributed by atoms with Crippen molar-refractivity contribution in [3.63, 3.8) is 0 Å². The summed E-state index contributed by atoms with van der Waals surface area (Å²) in [5.41, 5.74) is 3.90. The Kier molecular flexibility index (Phi) is 6.18. The van der Waals surface area contributed by atoms with Gasteiger partial charge >= 0.3 is 0 Å². The van der Waals surface area contributed by atoms with Gasteiger partial charge in [-0.1, -0.05) is 29.8 Å². The molecule has 1 aliphatic rings. The van der Waals surface area contributed by atoms with E-state index < -0.39 is 0 Å². The van der Waals surface area contributed by atoms with Crippen LogP contribution in [0.2, 0.25) is 5.02 Å². The number of hydrogen-bond acceptors (Lipinski definition) is 6. The van der Waals surface area contributed by atoms with Crippen LogP contribution in [0.1, 0.15) is 37.4 Å². The third kappa shape index (κ3) is 4.00. The van der Waals surface area contributed by atoms with Gasteiger partial charge in [0.15, 0.2) is 11.5 Å². The largest absolute Gasteiger partial charge is 0.493 e. The molecule has 1 amide bonds. The second kappa shape index (κ2) is 9.52. The molecule has 0 bridgehead atoms. The number of carbonyl (C=O) groups is 1. The first kappa shape index (κ1) is 24.0. The number of thiophene rings is 2. The number of rotatable bonds is 5. The Morgan fingerprint density at radius 2 is 1.86 bits per heavy atom. The van der Waals surface area contributed by atoms with Crippen molar-refractivity contribution < 1.29 is 14.3 Å². The zero-order valence-electron chi connectivity index (χ0n) is 20.5. The second-order valence-corrected chi connectivity index (χ2v) is 11.3. The molecule has 1 atom stereocenters. The van der Waals surface area contributed by atoms with Crippen LogP contribution < -0.4 is 9.47 Å². The molecule has 4 heterocycles. The Balaban J connectivity index is 1.44. The molecule has 3 aromatic heterocycles. The molecule has 188 valence electrons. The van der Waals surface area contributed by atoms with E-state index in [0.717, 1.165) is 38.5 Å². The lowest BCUT2D eigenvalue weighted by Gasteiger charge is -2.37. The lowest BCUT2D eigenvalue weighted by molar-refractivity contribution is 0.0702. The number of halogens is 1. The van der Waals surface area contributed by atoms with E-state index in [0.29, 0.717) is 27.9 Å². The highest BCUT2D eigenvalue weighted by atomic mass is 35.5. The van der Waals surface area contributed by atoms with Crippen molar-refractivity contribution in [2.45, 2.75) is 19.4 Å². The van der Waals surface area contributed by atoms with Crippen LogP contribution in [0.4, 0.5) is 0 Å². The minimum Gasteiger partial charge on any atom is -0.493 e. The highest BCUT2D eigenvalue weighted by Crippen LogP contribution is 2.43. The van der Waals surface area contributed by atoms with Crippen LogP contribution in [0.25, 0.3) is 15.9 Å². The van der Waals surface area contributed by atoms with Crippen molar-refractivity contribution in [3.8, 4) is 17.2 Å². The van der Waals surface area contributed by atoms with Crippen LogP contribution in [-0.4, -0.2) is 41.4 Å². The predicted octanol–water partition coefficient (Wildman–Crippen LogP) is 6.92. The lowest BCUT2D eigenvalue weighted by atomic mass is 9.90. The highest BCUT2D eigenvalue weighted by Gasteiger charge is 2.35. The van der Waals surface area contributed by atoms with Crippen LogP contribution in [-0.2, 0) is 6.42 Å². The molecular weight excluding hydrogens is 526 g/mol. The van der Waals surface area contributed by atoms with Gasteiger partial charge in [-0.25, -0.2) is 4.68 Å². The summed E-state index contributed by atoms with van der Waals surface area (Å²) in [5, 5.41) is 8.33. The lowest BCUT2D eigenvalue weighted by Crippen LogP contribution is -2.40. The number of aryl methyl sites for hydroxylation is 1. The van der Waals surface area contributed by atoms with Crippen molar-refractivity contribution in [3.05, 3.63) is 91.6 Å². The number of nitrogens with zero attached hydrogens (tertiary/aromatic N) is 3. The third-order valence-electron chi connectivity index (χ3n) is 6.78. The molecule has 6 nitrogen and oxygen atoms in total. The summed E-state index contributed by atoms with van der Waals surface area (Å²) in [5.74, 6) is 1.37. The van der Waals surface area contributed by atoms with Gasteiger partial charge in [-0.15, -0.1) is 22.7 Å². The summed E-state index contributed by atoms with van der Waals surface area (Å²) >= 11 is 9.59. The highest BCUT2D eigenvalue weighted by molar-refractivity contribution is 7.20. The van der Waals surface area contributed by atoms with Gasteiger partial charge in [0.05, 0.1) is 41.5 Å². The van der Waals surface area contributed by atoms with E-state index in [4.69, 9.17) is 26.2 Å². The van der Waals surface area contributed by atoms with Crippen LogP contribution in [0.5, 0.6) is 11.5 Å². The molecule has 1 unspecified atom stereocenters. The summed E-state index contributed by atoms with van der Waals surface area (Å²) in [6.45, 7) is 2.57. The maximum Gasteiger partial charge on any atom is 0.264 e. The molecule has 0 saturated heterocycles. The molecule has 0 fully saturated rings. The van der Waals surface area contributed by atoms with E-state index in [1.165, 1.54) is 16.9 Å². The van der Waals surface area contributed by atoms with Crippen molar-refractivity contribution in [2.24, 2.45) is 0 Å². The molecular formula is C28H24ClN3O3S2. The maximum absolute atomic E-state index is 14.1. The van der Waals surface area contributed by atoms with Crippen LogP contribution in [0.15, 0.2) is 60.0 Å². The van der Waals surface area contributed by atoms with Gasteiger partial charge in [-0.2, -0.15) is 5.10 Å². The summed E-state index contributed by atoms with van der Waals surface area (Å²) in [6.07, 6.45) is 0.737. The summed E-state index contributed by atoms with van der Waals surface area (Å²) in [7, 11) is 3.28. The average Bonchev–Trinajstić information content (AvgIpc) is 3.66. The number of hydrogen-bond donors (Lipinski definition) is 0.